The number of hydrogen-bond donors (Lipinski definition) is 7. The van der Waals surface area contributed by atoms with E-state index in [9.17, 15) is 30.6 Å². The molecule has 0 saturated carbocycles. The van der Waals surface area contributed by atoms with Crippen molar-refractivity contribution in [2.75, 3.05) is 13.7 Å². The van der Waals surface area contributed by atoms with Gasteiger partial charge in [-0.15, -0.1) is 0 Å². The van der Waals surface area contributed by atoms with Gasteiger partial charge in [-0.1, -0.05) is 6.08 Å². The maximum Gasteiger partial charge on any atom is 0.186 e. The lowest BCUT2D eigenvalue weighted by Gasteiger charge is -2.44. The average Bonchev–Trinajstić information content (AvgIpc) is 2.54. The van der Waals surface area contributed by atoms with E-state index < -0.39 is 61.6 Å². The fraction of sp³-hybridized carbons (Fsp3) is 0.857. The summed E-state index contributed by atoms with van der Waals surface area (Å²) in [5, 5.41) is 62.0. The van der Waals surface area contributed by atoms with Crippen molar-refractivity contribution < 1.29 is 40.1 Å². The molecule has 0 amide bonds. The molecule has 1 fully saturated rings. The van der Waals surface area contributed by atoms with Crippen LogP contribution in [-0.2, 0) is 9.47 Å². The van der Waals surface area contributed by atoms with E-state index >= 15 is 0 Å². The van der Waals surface area contributed by atoms with Crippen molar-refractivity contribution in [1.29, 1.82) is 0 Å². The van der Waals surface area contributed by atoms with Crippen LogP contribution in [0.5, 0.6) is 0 Å². The molecule has 0 radical (unpaired) electrons. The van der Waals surface area contributed by atoms with Crippen molar-refractivity contribution in [2.45, 2.75) is 61.9 Å². The Hall–Kier alpha value is -0.620. The molecule has 0 aromatic rings. The minimum Gasteiger partial charge on any atom is -0.392 e. The number of nitrogens with one attached hydrogen (secondary N) is 1. The van der Waals surface area contributed by atoms with Crippen molar-refractivity contribution in [1.82, 2.24) is 5.32 Å². The monoisotopic (exact) mass is 335 g/mol. The highest BCUT2D eigenvalue weighted by Crippen LogP contribution is 2.25. The summed E-state index contributed by atoms with van der Waals surface area (Å²) in [5.41, 5.74) is 0.162. The van der Waals surface area contributed by atoms with Crippen molar-refractivity contribution in [3.05, 3.63) is 11.6 Å². The minimum atomic E-state index is -1.48. The van der Waals surface area contributed by atoms with Gasteiger partial charge in [-0.3, -0.25) is 0 Å². The van der Waals surface area contributed by atoms with Crippen molar-refractivity contribution >= 4 is 0 Å². The molecule has 9 heteroatoms. The first kappa shape index (κ1) is 18.7. The largest absolute Gasteiger partial charge is 0.392 e. The van der Waals surface area contributed by atoms with E-state index in [1.54, 1.807) is 6.92 Å². The number of rotatable bonds is 4. The van der Waals surface area contributed by atoms with Crippen LogP contribution >= 0.6 is 0 Å². The lowest BCUT2D eigenvalue weighted by molar-refractivity contribution is -0.265. The Bertz CT molecular complexity index is 433. The summed E-state index contributed by atoms with van der Waals surface area (Å²) in [6.45, 7) is 1.19. The lowest BCUT2D eigenvalue weighted by atomic mass is 9.86. The van der Waals surface area contributed by atoms with Crippen LogP contribution in [0.1, 0.15) is 6.92 Å². The second-order valence-corrected chi connectivity index (χ2v) is 5.97. The van der Waals surface area contributed by atoms with Gasteiger partial charge in [-0.25, -0.2) is 0 Å². The highest BCUT2D eigenvalue weighted by Gasteiger charge is 2.45. The standard InChI is InChI=1S/C14H25NO8/c1-5-8(11(19)13(21)14(22-2)23-5)15-7-3-6(4-16)9(17)12(20)10(7)18/h3,5,7-21H,4H2,1-2H3/t5-,7?,8+,9-,10+,11+,12?,13?,14?/m1/s1. The summed E-state index contributed by atoms with van der Waals surface area (Å²) < 4.78 is 10.4. The fourth-order valence-corrected chi connectivity index (χ4v) is 3.02. The van der Waals surface area contributed by atoms with Crippen LogP contribution in [0.3, 0.4) is 0 Å². The molecule has 23 heavy (non-hydrogen) atoms. The van der Waals surface area contributed by atoms with Gasteiger partial charge in [-0.05, 0) is 12.5 Å². The molecule has 1 aliphatic heterocycles. The first-order valence-electron chi connectivity index (χ1n) is 7.47. The van der Waals surface area contributed by atoms with Crippen molar-refractivity contribution in [3.63, 3.8) is 0 Å². The first-order valence-corrected chi connectivity index (χ1v) is 7.47. The molecule has 0 aromatic heterocycles. The second kappa shape index (κ2) is 7.51. The van der Waals surface area contributed by atoms with E-state index in [1.165, 1.54) is 13.2 Å². The molecule has 1 heterocycles. The van der Waals surface area contributed by atoms with E-state index in [0.29, 0.717) is 0 Å². The third kappa shape index (κ3) is 3.58. The molecular formula is C14H25NO8. The van der Waals surface area contributed by atoms with Crippen LogP contribution in [0, 0.1) is 0 Å². The molecule has 9 atom stereocenters. The molecule has 1 aliphatic carbocycles. The predicted octanol–water partition coefficient (Wildman–Crippen LogP) is -3.56. The Morgan fingerprint density at radius 3 is 2.30 bits per heavy atom. The lowest BCUT2D eigenvalue weighted by Crippen LogP contribution is -2.66. The zero-order valence-corrected chi connectivity index (χ0v) is 13.0. The zero-order valence-electron chi connectivity index (χ0n) is 13.0. The maximum atomic E-state index is 10.2. The van der Waals surface area contributed by atoms with Crippen LogP contribution in [0.4, 0.5) is 0 Å². The van der Waals surface area contributed by atoms with Gasteiger partial charge < -0.3 is 45.4 Å². The van der Waals surface area contributed by atoms with Gasteiger partial charge in [0, 0.05) is 7.11 Å². The zero-order chi connectivity index (χ0) is 17.3. The number of aliphatic hydroxyl groups excluding tert-OH is 6. The molecule has 0 bridgehead atoms. The van der Waals surface area contributed by atoms with Crippen LogP contribution < -0.4 is 5.32 Å². The average molecular weight is 335 g/mol. The van der Waals surface area contributed by atoms with Gasteiger partial charge in [-0.2, -0.15) is 0 Å². The molecule has 2 rings (SSSR count). The maximum absolute atomic E-state index is 10.2. The minimum absolute atomic E-state index is 0.162. The summed E-state index contributed by atoms with van der Waals surface area (Å²) in [6.07, 6.45) is -6.83. The summed E-state index contributed by atoms with van der Waals surface area (Å²) >= 11 is 0. The molecule has 2 aliphatic rings. The smallest absolute Gasteiger partial charge is 0.186 e. The van der Waals surface area contributed by atoms with E-state index in [1.807, 2.05) is 0 Å². The van der Waals surface area contributed by atoms with Crippen LogP contribution in [-0.4, -0.2) is 99.4 Å². The van der Waals surface area contributed by atoms with Gasteiger partial charge in [0.05, 0.1) is 24.8 Å². The third-order valence-corrected chi connectivity index (χ3v) is 4.47. The SMILES string of the molecule is COC1O[C@H](C)[C@H](NC2C=C(CO)[C@@H](O)C(O)[C@H]2O)[C@H](O)C1O. The van der Waals surface area contributed by atoms with Gasteiger partial charge in [0.1, 0.15) is 30.5 Å². The molecule has 9 nitrogen and oxygen atoms in total. The molecule has 0 aromatic carbocycles. The number of aliphatic hydroxyl groups is 6. The van der Waals surface area contributed by atoms with E-state index in [-0.39, 0.29) is 5.57 Å². The molecule has 134 valence electrons. The van der Waals surface area contributed by atoms with Gasteiger partial charge in [0.15, 0.2) is 6.29 Å². The van der Waals surface area contributed by atoms with E-state index in [4.69, 9.17) is 9.47 Å². The van der Waals surface area contributed by atoms with E-state index in [2.05, 4.69) is 5.32 Å². The molecule has 4 unspecified atom stereocenters. The third-order valence-electron chi connectivity index (χ3n) is 4.47. The highest BCUT2D eigenvalue weighted by molar-refractivity contribution is 5.22. The Balaban J connectivity index is 2.15. The quantitative estimate of drug-likeness (QED) is 0.259. The summed E-state index contributed by atoms with van der Waals surface area (Å²) in [5.74, 6) is 0. The summed E-state index contributed by atoms with van der Waals surface area (Å²) in [4.78, 5) is 0. The Morgan fingerprint density at radius 2 is 1.74 bits per heavy atom. The summed E-state index contributed by atoms with van der Waals surface area (Å²) in [7, 11) is 1.35. The van der Waals surface area contributed by atoms with Crippen LogP contribution in [0.2, 0.25) is 0 Å². The molecule has 7 N–H and O–H groups in total. The van der Waals surface area contributed by atoms with Crippen LogP contribution in [0.25, 0.3) is 0 Å². The first-order chi connectivity index (χ1) is 10.8. The number of methoxy groups -OCH3 is 1. The molecule has 1 saturated heterocycles. The van der Waals surface area contributed by atoms with Gasteiger partial charge in [0.2, 0.25) is 0 Å². The molecular weight excluding hydrogens is 310 g/mol. The topological polar surface area (TPSA) is 152 Å². The van der Waals surface area contributed by atoms with E-state index in [0.717, 1.165) is 0 Å². The van der Waals surface area contributed by atoms with Gasteiger partial charge >= 0.3 is 0 Å². The highest BCUT2D eigenvalue weighted by atomic mass is 16.7. The van der Waals surface area contributed by atoms with Crippen LogP contribution in [0.15, 0.2) is 11.6 Å². The summed E-state index contributed by atoms with van der Waals surface area (Å²) in [6, 6.07) is -1.60. The van der Waals surface area contributed by atoms with Gasteiger partial charge in [0.25, 0.3) is 0 Å². The van der Waals surface area contributed by atoms with Crippen molar-refractivity contribution in [3.8, 4) is 0 Å². The fourth-order valence-electron chi connectivity index (χ4n) is 3.02. The second-order valence-electron chi connectivity index (χ2n) is 5.97. The Morgan fingerprint density at radius 1 is 1.09 bits per heavy atom. The number of hydrogen-bond acceptors (Lipinski definition) is 9. The predicted molar refractivity (Wildman–Crippen MR) is 77.3 cm³/mol. The Kier molecular flexibility index (Phi) is 6.11. The Labute approximate surface area is 133 Å². The normalized spacial score (nSPS) is 48.2. The molecule has 0 spiro atoms. The number of ether oxygens (including phenoxy) is 2. The van der Waals surface area contributed by atoms with Crippen molar-refractivity contribution in [2.24, 2.45) is 0 Å².